The van der Waals surface area contributed by atoms with Gasteiger partial charge in [0.05, 0.1) is 29.0 Å². The van der Waals surface area contributed by atoms with Gasteiger partial charge in [-0.15, -0.1) is 0 Å². The van der Waals surface area contributed by atoms with Crippen molar-refractivity contribution in [3.63, 3.8) is 0 Å². The molecule has 1 aromatic carbocycles. The van der Waals surface area contributed by atoms with Crippen LogP contribution in [-0.2, 0) is 6.54 Å². The SMILES string of the molecule is CCCCCn1ccc2cc(-c3ncc(N)cn3)c(F)cc2c1=O. The summed E-state index contributed by atoms with van der Waals surface area (Å²) < 4.78 is 16.1. The zero-order chi connectivity index (χ0) is 17.1. The predicted octanol–water partition coefficient (Wildman–Crippen LogP) is 3.37. The van der Waals surface area contributed by atoms with E-state index in [1.807, 2.05) is 6.07 Å². The number of anilines is 1. The minimum atomic E-state index is -0.518. The number of rotatable bonds is 5. The van der Waals surface area contributed by atoms with E-state index in [2.05, 4.69) is 16.9 Å². The highest BCUT2D eigenvalue weighted by Crippen LogP contribution is 2.24. The van der Waals surface area contributed by atoms with Crippen molar-refractivity contribution in [2.24, 2.45) is 0 Å². The fraction of sp³-hybridized carbons (Fsp3) is 0.278. The lowest BCUT2D eigenvalue weighted by atomic mass is 10.1. The quantitative estimate of drug-likeness (QED) is 0.730. The van der Waals surface area contributed by atoms with Gasteiger partial charge in [0.2, 0.25) is 0 Å². The van der Waals surface area contributed by atoms with Crippen LogP contribution in [0.4, 0.5) is 10.1 Å². The van der Waals surface area contributed by atoms with Crippen LogP contribution in [0.25, 0.3) is 22.2 Å². The Morgan fingerprint density at radius 3 is 2.67 bits per heavy atom. The molecule has 6 heteroatoms. The molecular weight excluding hydrogens is 307 g/mol. The molecule has 2 N–H and O–H groups in total. The van der Waals surface area contributed by atoms with E-state index in [9.17, 15) is 9.18 Å². The van der Waals surface area contributed by atoms with E-state index in [4.69, 9.17) is 5.73 Å². The Labute approximate surface area is 139 Å². The Kier molecular flexibility index (Phi) is 4.55. The number of hydrogen-bond donors (Lipinski definition) is 1. The van der Waals surface area contributed by atoms with Crippen LogP contribution in [-0.4, -0.2) is 14.5 Å². The average Bonchev–Trinajstić information content (AvgIpc) is 2.58. The monoisotopic (exact) mass is 326 g/mol. The summed E-state index contributed by atoms with van der Waals surface area (Å²) in [5.74, 6) is -0.272. The van der Waals surface area contributed by atoms with Crippen LogP contribution in [0.3, 0.4) is 0 Å². The highest BCUT2D eigenvalue weighted by Gasteiger charge is 2.12. The first-order valence-corrected chi connectivity index (χ1v) is 8.00. The number of aryl methyl sites for hydroxylation is 1. The molecule has 0 aliphatic heterocycles. The number of aromatic nitrogens is 3. The molecule has 0 saturated carbocycles. The second-order valence-corrected chi connectivity index (χ2v) is 5.78. The van der Waals surface area contributed by atoms with Crippen LogP contribution in [0.5, 0.6) is 0 Å². The largest absolute Gasteiger partial charge is 0.396 e. The zero-order valence-corrected chi connectivity index (χ0v) is 13.5. The summed E-state index contributed by atoms with van der Waals surface area (Å²) in [7, 11) is 0. The van der Waals surface area contributed by atoms with Gasteiger partial charge in [-0.2, -0.15) is 0 Å². The Morgan fingerprint density at radius 1 is 1.21 bits per heavy atom. The summed E-state index contributed by atoms with van der Waals surface area (Å²) in [4.78, 5) is 20.6. The normalized spacial score (nSPS) is 11.1. The van der Waals surface area contributed by atoms with E-state index >= 15 is 0 Å². The van der Waals surface area contributed by atoms with Crippen molar-refractivity contribution in [2.75, 3.05) is 5.73 Å². The molecule has 3 aromatic rings. The smallest absolute Gasteiger partial charge is 0.258 e. The second-order valence-electron chi connectivity index (χ2n) is 5.78. The van der Waals surface area contributed by atoms with Crippen LogP contribution in [0, 0.1) is 5.82 Å². The van der Waals surface area contributed by atoms with Gasteiger partial charge in [-0.05, 0) is 30.0 Å². The Balaban J connectivity index is 2.04. The maximum Gasteiger partial charge on any atom is 0.258 e. The third kappa shape index (κ3) is 3.13. The molecule has 0 aliphatic carbocycles. The first-order valence-electron chi connectivity index (χ1n) is 8.00. The molecule has 0 unspecified atom stereocenters. The van der Waals surface area contributed by atoms with Crippen molar-refractivity contribution >= 4 is 16.5 Å². The van der Waals surface area contributed by atoms with Crippen molar-refractivity contribution in [3.05, 3.63) is 53.0 Å². The fourth-order valence-electron chi connectivity index (χ4n) is 2.66. The number of halogens is 1. The molecule has 0 amide bonds. The lowest BCUT2D eigenvalue weighted by Crippen LogP contribution is -2.19. The summed E-state index contributed by atoms with van der Waals surface area (Å²) in [5.41, 5.74) is 6.05. The number of nitrogen functional groups attached to an aromatic ring is 1. The van der Waals surface area contributed by atoms with Gasteiger partial charge >= 0.3 is 0 Å². The molecule has 0 atom stereocenters. The van der Waals surface area contributed by atoms with E-state index in [1.54, 1.807) is 16.8 Å². The third-order valence-electron chi connectivity index (χ3n) is 3.98. The number of pyridine rings is 1. The number of nitrogens with two attached hydrogens (primary N) is 1. The van der Waals surface area contributed by atoms with E-state index < -0.39 is 5.82 Å². The average molecular weight is 326 g/mol. The van der Waals surface area contributed by atoms with Gasteiger partial charge in [-0.25, -0.2) is 14.4 Å². The Morgan fingerprint density at radius 2 is 1.96 bits per heavy atom. The molecule has 0 saturated heterocycles. The Bertz CT molecular complexity index is 919. The van der Waals surface area contributed by atoms with Crippen LogP contribution in [0.2, 0.25) is 0 Å². The van der Waals surface area contributed by atoms with Gasteiger partial charge in [-0.1, -0.05) is 19.8 Å². The molecular formula is C18H19FN4O. The highest BCUT2D eigenvalue weighted by molar-refractivity contribution is 5.86. The molecule has 5 nitrogen and oxygen atoms in total. The van der Waals surface area contributed by atoms with Crippen molar-refractivity contribution in [2.45, 2.75) is 32.7 Å². The standard InChI is InChI=1S/C18H19FN4O/c1-2-3-4-6-23-7-5-12-8-15(16(19)9-14(12)18(23)24)17-21-10-13(20)11-22-17/h5,7-11H,2-4,6,20H2,1H3. The minimum absolute atomic E-state index is 0.174. The molecule has 2 heterocycles. The van der Waals surface area contributed by atoms with Crippen molar-refractivity contribution in [3.8, 4) is 11.4 Å². The lowest BCUT2D eigenvalue weighted by Gasteiger charge is -2.09. The van der Waals surface area contributed by atoms with Gasteiger partial charge in [0.15, 0.2) is 5.82 Å². The summed E-state index contributed by atoms with van der Waals surface area (Å²) in [5, 5.41) is 1.04. The summed E-state index contributed by atoms with van der Waals surface area (Å²) in [6.45, 7) is 2.76. The number of benzene rings is 1. The van der Waals surface area contributed by atoms with Crippen LogP contribution in [0.15, 0.2) is 41.6 Å². The molecule has 0 bridgehead atoms. The summed E-state index contributed by atoms with van der Waals surface area (Å²) in [6, 6.07) is 4.69. The minimum Gasteiger partial charge on any atom is -0.396 e. The Hall–Kier alpha value is -2.76. The molecule has 0 spiro atoms. The number of nitrogens with zero attached hydrogens (tertiary/aromatic N) is 3. The number of unbranched alkanes of at least 4 members (excludes halogenated alkanes) is 2. The van der Waals surface area contributed by atoms with Gasteiger partial charge in [0.25, 0.3) is 5.56 Å². The van der Waals surface area contributed by atoms with Crippen molar-refractivity contribution in [1.29, 1.82) is 0 Å². The van der Waals surface area contributed by atoms with Crippen molar-refractivity contribution in [1.82, 2.24) is 14.5 Å². The lowest BCUT2D eigenvalue weighted by molar-refractivity contribution is 0.590. The third-order valence-corrected chi connectivity index (χ3v) is 3.98. The molecule has 3 rings (SSSR count). The van der Waals surface area contributed by atoms with Crippen LogP contribution in [0.1, 0.15) is 26.2 Å². The van der Waals surface area contributed by atoms with E-state index in [0.29, 0.717) is 23.0 Å². The molecule has 0 aliphatic rings. The highest BCUT2D eigenvalue weighted by atomic mass is 19.1. The molecule has 24 heavy (non-hydrogen) atoms. The topological polar surface area (TPSA) is 73.8 Å². The fourth-order valence-corrected chi connectivity index (χ4v) is 2.66. The van der Waals surface area contributed by atoms with Crippen LogP contribution < -0.4 is 11.3 Å². The maximum absolute atomic E-state index is 14.5. The second kappa shape index (κ2) is 6.78. The number of hydrogen-bond acceptors (Lipinski definition) is 4. The molecule has 0 fully saturated rings. The van der Waals surface area contributed by atoms with Gasteiger partial charge < -0.3 is 10.3 Å². The van der Waals surface area contributed by atoms with Crippen LogP contribution >= 0.6 is 0 Å². The van der Waals surface area contributed by atoms with Gasteiger partial charge in [0, 0.05) is 12.7 Å². The van der Waals surface area contributed by atoms with E-state index in [-0.39, 0.29) is 16.9 Å². The summed E-state index contributed by atoms with van der Waals surface area (Å²) >= 11 is 0. The van der Waals surface area contributed by atoms with E-state index in [1.165, 1.54) is 18.5 Å². The molecule has 2 aromatic heterocycles. The van der Waals surface area contributed by atoms with Gasteiger partial charge in [-0.3, -0.25) is 4.79 Å². The van der Waals surface area contributed by atoms with Gasteiger partial charge in [0.1, 0.15) is 5.82 Å². The number of fused-ring (bicyclic) bond motifs is 1. The molecule has 0 radical (unpaired) electrons. The zero-order valence-electron chi connectivity index (χ0n) is 13.5. The molecule has 124 valence electrons. The maximum atomic E-state index is 14.5. The first-order chi connectivity index (χ1) is 11.6. The predicted molar refractivity (Wildman–Crippen MR) is 93.1 cm³/mol. The van der Waals surface area contributed by atoms with E-state index in [0.717, 1.165) is 19.3 Å². The first kappa shape index (κ1) is 16.1. The summed E-state index contributed by atoms with van der Waals surface area (Å²) in [6.07, 6.45) is 7.69. The van der Waals surface area contributed by atoms with Crippen molar-refractivity contribution < 1.29 is 4.39 Å².